The summed E-state index contributed by atoms with van der Waals surface area (Å²) in [7, 11) is 20.6. The number of likely N-dealkylation sites (N-methyl/N-ethyl adjacent to an activating group) is 4. The maximum Gasteiger partial charge on any atom is 0.311 e. The Morgan fingerprint density at radius 3 is 0.915 bits per heavy atom. The molecule has 36 heteroatoms. The summed E-state index contributed by atoms with van der Waals surface area (Å²) in [6.07, 6.45) is 38.1. The molecule has 0 aromatic carbocycles. The highest BCUT2D eigenvalue weighted by Gasteiger charge is 2.28. The second-order valence-corrected chi connectivity index (χ2v) is 34.4. The van der Waals surface area contributed by atoms with E-state index in [2.05, 4.69) is 92.4 Å². The van der Waals surface area contributed by atoms with Crippen molar-refractivity contribution in [2.45, 2.75) is 216 Å². The van der Waals surface area contributed by atoms with E-state index < -0.39 is 0 Å². The molecule has 0 aliphatic heterocycles. The summed E-state index contributed by atoms with van der Waals surface area (Å²) in [6.45, 7) is 33.2. The Morgan fingerprint density at radius 1 is 0.323 bits per heavy atom. The molecule has 0 saturated carbocycles. The molecule has 36 nitrogen and oxygen atoms in total. The van der Waals surface area contributed by atoms with Crippen molar-refractivity contribution in [1.82, 2.24) is 68.4 Å². The van der Waals surface area contributed by atoms with Crippen molar-refractivity contribution in [2.24, 2.45) is 28.2 Å². The maximum atomic E-state index is 11.9. The molecule has 6 rings (SSSR count). The van der Waals surface area contributed by atoms with Crippen LogP contribution in [0.1, 0.15) is 212 Å². The molecule has 0 atom stereocenters. The summed E-state index contributed by atoms with van der Waals surface area (Å²) < 4.78 is 56.8. The lowest BCUT2D eigenvalue weighted by Crippen LogP contribution is -2.48. The molecule has 6 heterocycles. The van der Waals surface area contributed by atoms with E-state index in [9.17, 15) is 43.2 Å². The largest absolute Gasteiger partial charge is 0.466 e. The fourth-order valence-electron chi connectivity index (χ4n) is 12.3. The van der Waals surface area contributed by atoms with Gasteiger partial charge in [-0.05, 0) is 57.8 Å². The predicted molar refractivity (Wildman–Crippen MR) is 500 cm³/mol. The molecule has 0 fully saturated rings. The summed E-state index contributed by atoms with van der Waals surface area (Å²) in [6, 6.07) is 0. The first-order chi connectivity index (χ1) is 62.1. The van der Waals surface area contributed by atoms with E-state index in [1.165, 1.54) is 5.69 Å². The highest BCUT2D eigenvalue weighted by molar-refractivity contribution is 5.72. The van der Waals surface area contributed by atoms with Gasteiger partial charge < -0.3 is 99.0 Å². The number of aryl methyl sites for hydroxylation is 4. The highest BCUT2D eigenvalue weighted by Crippen LogP contribution is 2.15. The van der Waals surface area contributed by atoms with Crippen LogP contribution in [0.4, 0.5) is 0 Å². The number of imidazole rings is 6. The molecule has 6 aromatic rings. The first-order valence-corrected chi connectivity index (χ1v) is 47.1. The number of carbonyl (C=O) groups is 9. The first kappa shape index (κ1) is 118. The monoisotopic (exact) mass is 1840 g/mol. The summed E-state index contributed by atoms with van der Waals surface area (Å²) in [5, 5.41) is 3.18. The van der Waals surface area contributed by atoms with Crippen LogP contribution in [0.15, 0.2) is 75.1 Å². The van der Waals surface area contributed by atoms with Crippen LogP contribution in [0.2, 0.25) is 0 Å². The molecule has 0 aliphatic carbocycles. The van der Waals surface area contributed by atoms with Gasteiger partial charge in [-0.1, -0.05) is 62.3 Å². The number of carbonyl (C=O) groups excluding carboxylic acids is 9. The standard InChI is InChI=1S/2C19H34N3O4.C17H29N3O4.2C14H26N3O2.C11H19N3O2/c1-5-13-25-18(23)8-11-22(4,12-9-19(24)26-14-6-2)10-7-17-15-21(3)16-20-17;1-5-13-25-18(23)8-11-22(4,12-9-19(24)26-14-6-2)10-7-17-15-20-16-21(17)3;1-3-11-23-16(21)6-9-20(8-5-15-13-18-14-19-15)10-7-17(22)24-12-4-2;1-5-10-19-14(18)7-9-17(3,4)8-6-13-11-16(2)12-15-13;1-5-10-19-14(18)7-9-17(3,4)8-6-13-11-15-12-16(13)2;1-2-7-16-11(15)4-6-12-5-3-10-8-13-9-14-10/h2*15-16H,5-14H2,1-4H3;13-14H,3-12H2,1-2H3,(H,18,19);2*11-12H,5-10H2,1-4H3;8-9,12H,2-7H2,1H3,(H,13,14)/q2*+1;;2*+1;. The number of nitrogens with zero attached hydrogens (tertiary/aromatic N) is 15. The van der Waals surface area contributed by atoms with Crippen LogP contribution in [0, 0.1) is 0 Å². The van der Waals surface area contributed by atoms with Crippen LogP contribution in [-0.2, 0) is 152 Å². The third-order valence-corrected chi connectivity index (χ3v) is 20.7. The molecule has 0 unspecified atom stereocenters. The fourth-order valence-corrected chi connectivity index (χ4v) is 12.3. The minimum atomic E-state index is -0.197. The van der Waals surface area contributed by atoms with Crippen molar-refractivity contribution in [3.8, 4) is 0 Å². The van der Waals surface area contributed by atoms with Crippen molar-refractivity contribution in [3.63, 3.8) is 0 Å². The van der Waals surface area contributed by atoms with E-state index in [-0.39, 0.29) is 53.7 Å². The Hall–Kier alpha value is -9.75. The Morgan fingerprint density at radius 2 is 0.615 bits per heavy atom. The number of H-pyrrole nitrogens is 2. The third kappa shape index (κ3) is 62.5. The summed E-state index contributed by atoms with van der Waals surface area (Å²) in [5.74, 6) is -1.41. The van der Waals surface area contributed by atoms with Gasteiger partial charge in [0.1, 0.15) is 0 Å². The van der Waals surface area contributed by atoms with E-state index in [1.807, 2.05) is 146 Å². The first-order valence-electron chi connectivity index (χ1n) is 47.1. The summed E-state index contributed by atoms with van der Waals surface area (Å²) in [4.78, 5) is 138. The van der Waals surface area contributed by atoms with Gasteiger partial charge in [-0.15, -0.1) is 0 Å². The number of quaternary nitrogens is 4. The average molecular weight is 1840 g/mol. The van der Waals surface area contributed by atoms with Crippen LogP contribution >= 0.6 is 0 Å². The van der Waals surface area contributed by atoms with Gasteiger partial charge in [0.15, 0.2) is 0 Å². The number of rotatable bonds is 63. The number of hydrogen-bond donors (Lipinski definition) is 3. The lowest BCUT2D eigenvalue weighted by molar-refractivity contribution is -0.908. The van der Waals surface area contributed by atoms with Gasteiger partial charge in [0.2, 0.25) is 0 Å². The van der Waals surface area contributed by atoms with Crippen molar-refractivity contribution in [3.05, 3.63) is 109 Å². The van der Waals surface area contributed by atoms with Crippen LogP contribution in [0.25, 0.3) is 0 Å². The Bertz CT molecular complexity index is 3860. The lowest BCUT2D eigenvalue weighted by Gasteiger charge is -2.34. The van der Waals surface area contributed by atoms with Gasteiger partial charge in [0.25, 0.3) is 0 Å². The van der Waals surface area contributed by atoms with Gasteiger partial charge in [0.05, 0.1) is 274 Å². The molecule has 130 heavy (non-hydrogen) atoms. The van der Waals surface area contributed by atoms with E-state index in [1.54, 1.807) is 37.7 Å². The van der Waals surface area contributed by atoms with E-state index >= 15 is 0 Å². The van der Waals surface area contributed by atoms with E-state index in [0.29, 0.717) is 172 Å². The number of esters is 9. The quantitative estimate of drug-likeness (QED) is 0.0138. The molecule has 3 N–H and O–H groups in total. The maximum absolute atomic E-state index is 11.9. The molecular formula is C94H168N18O18+4. The smallest absolute Gasteiger partial charge is 0.311 e. The van der Waals surface area contributed by atoms with E-state index in [4.69, 9.17) is 42.6 Å². The molecule has 0 aliphatic rings. The average Bonchev–Trinajstić information content (AvgIpc) is 1.55. The van der Waals surface area contributed by atoms with Crippen molar-refractivity contribution in [1.29, 1.82) is 0 Å². The highest BCUT2D eigenvalue weighted by atomic mass is 16.6. The number of nitrogens with one attached hydrogen (secondary N) is 3. The summed E-state index contributed by atoms with van der Waals surface area (Å²) >= 11 is 0. The minimum absolute atomic E-state index is 0.0893. The molecule has 738 valence electrons. The van der Waals surface area contributed by atoms with Crippen LogP contribution in [-0.4, -0.2) is 335 Å². The fraction of sp³-hybridized carbons (Fsp3) is 0.713. The normalized spacial score (nSPS) is 11.2. The SMILES string of the molecule is CCCOC(=O)CCN(CCC(=O)OCCC)CCc1cnc[nH]1.CCCOC(=O)CCNCCc1cnc[nH]1.CCCOC(=O)CC[N+](C)(C)CCc1cn(C)cn1.CCCOC(=O)CC[N+](C)(C)CCc1cncn1C.CCCOC(=O)CC[N+](C)(CCC(=O)OCCC)CCc1cn(C)cn1.CCCOC(=O)CC[N+](C)(CCC(=O)OCCC)CCc1cncn1C. The minimum Gasteiger partial charge on any atom is -0.466 e. The Balaban J connectivity index is 0.000000786. The molecule has 0 bridgehead atoms. The lowest BCUT2D eigenvalue weighted by atomic mass is 10.2. The molecule has 0 saturated heterocycles. The molecular weight excluding hydrogens is 1670 g/mol. The van der Waals surface area contributed by atoms with Gasteiger partial charge in [-0.3, -0.25) is 43.2 Å². The molecule has 0 radical (unpaired) electrons. The summed E-state index contributed by atoms with van der Waals surface area (Å²) in [5.41, 5.74) is 6.60. The zero-order valence-corrected chi connectivity index (χ0v) is 82.9. The van der Waals surface area contributed by atoms with Gasteiger partial charge in [0, 0.05) is 159 Å². The van der Waals surface area contributed by atoms with Gasteiger partial charge in [-0.2, -0.15) is 0 Å². The Kier molecular flexibility index (Phi) is 65.4. The molecule has 0 amide bonds. The predicted octanol–water partition coefficient (Wildman–Crippen LogP) is 9.78. The zero-order valence-electron chi connectivity index (χ0n) is 82.9. The van der Waals surface area contributed by atoms with Crippen LogP contribution in [0.5, 0.6) is 0 Å². The van der Waals surface area contributed by atoms with Crippen molar-refractivity contribution < 1.29 is 104 Å². The van der Waals surface area contributed by atoms with E-state index in [0.717, 1.165) is 186 Å². The van der Waals surface area contributed by atoms with Crippen LogP contribution in [0.3, 0.4) is 0 Å². The van der Waals surface area contributed by atoms with Gasteiger partial charge >= 0.3 is 53.7 Å². The van der Waals surface area contributed by atoms with Crippen LogP contribution < -0.4 is 5.32 Å². The molecule has 6 aromatic heterocycles. The number of hydrogen-bond acceptors (Lipinski definition) is 26. The zero-order chi connectivity index (χ0) is 96.7. The number of aromatic nitrogens is 12. The topological polar surface area (TPSA) is 381 Å². The Labute approximate surface area is 776 Å². The number of aromatic amines is 2. The van der Waals surface area contributed by atoms with Crippen molar-refractivity contribution in [2.75, 3.05) is 200 Å². The second-order valence-electron chi connectivity index (χ2n) is 34.4. The number of ether oxygens (including phenoxy) is 9. The van der Waals surface area contributed by atoms with Gasteiger partial charge in [-0.25, -0.2) is 29.9 Å². The third-order valence-electron chi connectivity index (χ3n) is 20.7. The molecule has 0 spiro atoms. The van der Waals surface area contributed by atoms with Crippen molar-refractivity contribution >= 4 is 53.7 Å². The second kappa shape index (κ2) is 71.9.